The Morgan fingerprint density at radius 1 is 1.24 bits per heavy atom. The number of hydrogen-bond donors (Lipinski definition) is 0. The zero-order chi connectivity index (χ0) is 17.2. The van der Waals surface area contributed by atoms with Crippen molar-refractivity contribution in [1.29, 1.82) is 0 Å². The minimum atomic E-state index is 0.0324. The van der Waals surface area contributed by atoms with Gasteiger partial charge in [0.15, 0.2) is 6.61 Å². The van der Waals surface area contributed by atoms with E-state index in [0.29, 0.717) is 0 Å². The molecule has 3 aromatic rings. The summed E-state index contributed by atoms with van der Waals surface area (Å²) >= 11 is 1.69. The number of amides is 1. The van der Waals surface area contributed by atoms with E-state index in [4.69, 9.17) is 9.72 Å². The van der Waals surface area contributed by atoms with Gasteiger partial charge in [-0.3, -0.25) is 4.79 Å². The van der Waals surface area contributed by atoms with Gasteiger partial charge in [0.05, 0.1) is 16.3 Å². The molecule has 0 saturated carbocycles. The predicted octanol–water partition coefficient (Wildman–Crippen LogP) is 4.35. The van der Waals surface area contributed by atoms with Crippen LogP contribution in [0.4, 0.5) is 0 Å². The lowest BCUT2D eigenvalue weighted by Gasteiger charge is -2.23. The molecule has 128 valence electrons. The van der Waals surface area contributed by atoms with E-state index in [-0.39, 0.29) is 18.6 Å². The standard InChI is InChI=1S/C20H20N2O2S/c1-14-7-2-4-10-17(14)24-13-19(23)22-12-6-9-16(22)20-21-15-8-3-5-11-18(15)25-20/h2-5,7-8,10-11,16H,6,9,12-13H2,1H3/t16-/m1/s1. The molecule has 0 radical (unpaired) electrons. The van der Waals surface area contributed by atoms with Crippen LogP contribution >= 0.6 is 11.3 Å². The monoisotopic (exact) mass is 352 g/mol. The fraction of sp³-hybridized carbons (Fsp3) is 0.300. The molecule has 1 aliphatic heterocycles. The van der Waals surface area contributed by atoms with Gasteiger partial charge in [-0.2, -0.15) is 0 Å². The summed E-state index contributed by atoms with van der Waals surface area (Å²) in [5.41, 5.74) is 2.05. The number of para-hydroxylation sites is 2. The summed E-state index contributed by atoms with van der Waals surface area (Å²) in [6.45, 7) is 2.84. The SMILES string of the molecule is Cc1ccccc1OCC(=O)N1CCC[C@@H]1c1nc2ccccc2s1. The summed E-state index contributed by atoms with van der Waals surface area (Å²) in [4.78, 5) is 19.4. The molecule has 4 nitrogen and oxygen atoms in total. The van der Waals surface area contributed by atoms with Gasteiger partial charge in [0, 0.05) is 6.54 Å². The number of hydrogen-bond acceptors (Lipinski definition) is 4. The molecule has 25 heavy (non-hydrogen) atoms. The molecule has 1 saturated heterocycles. The summed E-state index contributed by atoms with van der Waals surface area (Å²) in [5, 5.41) is 1.03. The third-order valence-corrected chi connectivity index (χ3v) is 5.75. The Hall–Kier alpha value is -2.40. The van der Waals surface area contributed by atoms with Gasteiger partial charge in [-0.25, -0.2) is 4.98 Å². The summed E-state index contributed by atoms with van der Waals surface area (Å²) in [7, 11) is 0. The lowest BCUT2D eigenvalue weighted by molar-refractivity contribution is -0.134. The lowest BCUT2D eigenvalue weighted by atomic mass is 10.2. The number of carbonyl (C=O) groups excluding carboxylic acids is 1. The lowest BCUT2D eigenvalue weighted by Crippen LogP contribution is -2.34. The number of aromatic nitrogens is 1. The van der Waals surface area contributed by atoms with E-state index in [2.05, 4.69) is 6.07 Å². The average Bonchev–Trinajstić information content (AvgIpc) is 3.27. The number of benzene rings is 2. The van der Waals surface area contributed by atoms with E-state index in [1.807, 2.05) is 54.3 Å². The first-order valence-corrected chi connectivity index (χ1v) is 9.37. The van der Waals surface area contributed by atoms with Crippen molar-refractivity contribution < 1.29 is 9.53 Å². The first kappa shape index (κ1) is 16.1. The van der Waals surface area contributed by atoms with Crippen molar-refractivity contribution >= 4 is 27.5 Å². The van der Waals surface area contributed by atoms with E-state index in [0.717, 1.165) is 41.2 Å². The third-order valence-electron chi connectivity index (χ3n) is 4.61. The summed E-state index contributed by atoms with van der Waals surface area (Å²) in [6, 6.07) is 16.0. The van der Waals surface area contributed by atoms with Crippen LogP contribution in [0.2, 0.25) is 0 Å². The molecule has 4 rings (SSSR count). The highest BCUT2D eigenvalue weighted by atomic mass is 32.1. The van der Waals surface area contributed by atoms with Crippen LogP contribution in [0.25, 0.3) is 10.2 Å². The zero-order valence-corrected chi connectivity index (χ0v) is 15.0. The Balaban J connectivity index is 1.49. The highest BCUT2D eigenvalue weighted by Crippen LogP contribution is 2.36. The fourth-order valence-corrected chi connectivity index (χ4v) is 4.41. The Kier molecular flexibility index (Phi) is 4.40. The van der Waals surface area contributed by atoms with Crippen molar-refractivity contribution in [2.75, 3.05) is 13.2 Å². The second-order valence-electron chi connectivity index (χ2n) is 6.32. The molecule has 2 aromatic carbocycles. The normalized spacial score (nSPS) is 17.2. The van der Waals surface area contributed by atoms with Crippen molar-refractivity contribution in [1.82, 2.24) is 9.88 Å². The van der Waals surface area contributed by atoms with Crippen molar-refractivity contribution in [2.45, 2.75) is 25.8 Å². The Morgan fingerprint density at radius 2 is 2.04 bits per heavy atom. The highest BCUT2D eigenvalue weighted by Gasteiger charge is 2.32. The minimum absolute atomic E-state index is 0.0324. The van der Waals surface area contributed by atoms with E-state index in [9.17, 15) is 4.79 Å². The van der Waals surface area contributed by atoms with E-state index >= 15 is 0 Å². The number of fused-ring (bicyclic) bond motifs is 1. The number of likely N-dealkylation sites (tertiary alicyclic amines) is 1. The quantitative estimate of drug-likeness (QED) is 0.701. The minimum Gasteiger partial charge on any atom is -0.484 e. The Morgan fingerprint density at radius 3 is 2.88 bits per heavy atom. The molecular weight excluding hydrogens is 332 g/mol. The topological polar surface area (TPSA) is 42.4 Å². The maximum Gasteiger partial charge on any atom is 0.261 e. The van der Waals surface area contributed by atoms with Gasteiger partial charge < -0.3 is 9.64 Å². The number of rotatable bonds is 4. The molecular formula is C20H20N2O2S. The van der Waals surface area contributed by atoms with Gasteiger partial charge in [0.1, 0.15) is 10.8 Å². The zero-order valence-electron chi connectivity index (χ0n) is 14.1. The number of thiazole rings is 1. The number of nitrogens with zero attached hydrogens (tertiary/aromatic N) is 2. The van der Waals surface area contributed by atoms with Crippen LogP contribution in [0.15, 0.2) is 48.5 Å². The number of ether oxygens (including phenoxy) is 1. The molecule has 1 atom stereocenters. The first-order valence-electron chi connectivity index (χ1n) is 8.56. The molecule has 1 aromatic heterocycles. The number of carbonyl (C=O) groups is 1. The van der Waals surface area contributed by atoms with Crippen LogP contribution in [0.5, 0.6) is 5.75 Å². The maximum absolute atomic E-state index is 12.7. The van der Waals surface area contributed by atoms with E-state index < -0.39 is 0 Å². The second kappa shape index (κ2) is 6.84. The Labute approximate surface area is 151 Å². The molecule has 1 fully saturated rings. The van der Waals surface area contributed by atoms with E-state index in [1.165, 1.54) is 4.70 Å². The van der Waals surface area contributed by atoms with Gasteiger partial charge in [-0.05, 0) is 43.5 Å². The molecule has 0 N–H and O–H groups in total. The maximum atomic E-state index is 12.7. The highest BCUT2D eigenvalue weighted by molar-refractivity contribution is 7.18. The molecule has 1 amide bonds. The van der Waals surface area contributed by atoms with Crippen LogP contribution in [0.1, 0.15) is 29.5 Å². The smallest absolute Gasteiger partial charge is 0.261 e. The number of aryl methyl sites for hydroxylation is 1. The van der Waals surface area contributed by atoms with Crippen molar-refractivity contribution in [2.24, 2.45) is 0 Å². The van der Waals surface area contributed by atoms with Crippen molar-refractivity contribution in [3.05, 3.63) is 59.1 Å². The van der Waals surface area contributed by atoms with Crippen LogP contribution in [-0.2, 0) is 4.79 Å². The van der Waals surface area contributed by atoms with Gasteiger partial charge >= 0.3 is 0 Å². The summed E-state index contributed by atoms with van der Waals surface area (Å²) in [6.07, 6.45) is 1.98. The van der Waals surface area contributed by atoms with Crippen LogP contribution in [0, 0.1) is 6.92 Å². The third kappa shape index (κ3) is 3.24. The van der Waals surface area contributed by atoms with Crippen molar-refractivity contribution in [3.63, 3.8) is 0 Å². The predicted molar refractivity (Wildman–Crippen MR) is 100.0 cm³/mol. The average molecular weight is 352 g/mol. The molecule has 0 spiro atoms. The molecule has 0 aliphatic carbocycles. The summed E-state index contributed by atoms with van der Waals surface area (Å²) < 4.78 is 6.92. The second-order valence-corrected chi connectivity index (χ2v) is 7.38. The molecule has 2 heterocycles. The molecule has 5 heteroatoms. The van der Waals surface area contributed by atoms with Crippen LogP contribution < -0.4 is 4.74 Å². The fourth-order valence-electron chi connectivity index (χ4n) is 3.30. The first-order chi connectivity index (χ1) is 12.2. The van der Waals surface area contributed by atoms with Crippen molar-refractivity contribution in [3.8, 4) is 5.75 Å². The van der Waals surface area contributed by atoms with Crippen LogP contribution in [-0.4, -0.2) is 28.9 Å². The van der Waals surface area contributed by atoms with E-state index in [1.54, 1.807) is 11.3 Å². The largest absolute Gasteiger partial charge is 0.484 e. The van der Waals surface area contributed by atoms with Crippen LogP contribution in [0.3, 0.4) is 0 Å². The Bertz CT molecular complexity index is 872. The molecule has 1 aliphatic rings. The van der Waals surface area contributed by atoms with Gasteiger partial charge in [0.2, 0.25) is 0 Å². The van der Waals surface area contributed by atoms with Gasteiger partial charge in [-0.15, -0.1) is 11.3 Å². The molecule has 0 bridgehead atoms. The van der Waals surface area contributed by atoms with Gasteiger partial charge in [0.25, 0.3) is 5.91 Å². The molecule has 0 unspecified atom stereocenters. The summed E-state index contributed by atoms with van der Waals surface area (Å²) in [5.74, 6) is 0.802. The van der Waals surface area contributed by atoms with Gasteiger partial charge in [-0.1, -0.05) is 30.3 Å².